The SMILES string of the molecule is C=C[C@H]1O[C@H]([C@@H]2COC(C)(C)O2)[C@@H]2OC(C)(C)O[C@@H]21. The van der Waals surface area contributed by atoms with E-state index >= 15 is 0 Å². The Morgan fingerprint density at radius 3 is 2.21 bits per heavy atom. The summed E-state index contributed by atoms with van der Waals surface area (Å²) in [5.41, 5.74) is 0. The quantitative estimate of drug-likeness (QED) is 0.713. The molecule has 3 heterocycles. The molecular formula is C14H22O5. The van der Waals surface area contributed by atoms with Gasteiger partial charge < -0.3 is 23.7 Å². The maximum Gasteiger partial charge on any atom is 0.164 e. The summed E-state index contributed by atoms with van der Waals surface area (Å²) in [5, 5.41) is 0. The number of hydrogen-bond acceptors (Lipinski definition) is 5. The lowest BCUT2D eigenvalue weighted by Crippen LogP contribution is -2.40. The first-order valence-corrected chi connectivity index (χ1v) is 6.77. The molecule has 5 nitrogen and oxygen atoms in total. The van der Waals surface area contributed by atoms with Gasteiger partial charge in [0.1, 0.15) is 30.5 Å². The van der Waals surface area contributed by atoms with Crippen LogP contribution in [-0.2, 0) is 23.7 Å². The van der Waals surface area contributed by atoms with Crippen LogP contribution in [0.25, 0.3) is 0 Å². The van der Waals surface area contributed by atoms with Crippen LogP contribution in [0.15, 0.2) is 12.7 Å². The lowest BCUT2D eigenvalue weighted by atomic mass is 10.0. The maximum absolute atomic E-state index is 5.98. The van der Waals surface area contributed by atoms with Crippen molar-refractivity contribution in [1.29, 1.82) is 0 Å². The van der Waals surface area contributed by atoms with Crippen molar-refractivity contribution in [2.75, 3.05) is 6.61 Å². The first kappa shape index (κ1) is 13.5. The minimum Gasteiger partial charge on any atom is -0.362 e. The predicted octanol–water partition coefficient (Wildman–Crippen LogP) is 1.61. The van der Waals surface area contributed by atoms with Crippen molar-refractivity contribution in [3.63, 3.8) is 0 Å². The van der Waals surface area contributed by atoms with Gasteiger partial charge in [-0.05, 0) is 27.7 Å². The molecule has 0 unspecified atom stereocenters. The molecule has 3 aliphatic rings. The highest BCUT2D eigenvalue weighted by molar-refractivity contribution is 5.06. The Morgan fingerprint density at radius 1 is 0.947 bits per heavy atom. The van der Waals surface area contributed by atoms with Crippen LogP contribution in [0.2, 0.25) is 0 Å². The summed E-state index contributed by atoms with van der Waals surface area (Å²) in [4.78, 5) is 0. The van der Waals surface area contributed by atoms with Gasteiger partial charge in [-0.3, -0.25) is 0 Å². The summed E-state index contributed by atoms with van der Waals surface area (Å²) in [6.07, 6.45) is 1.03. The third kappa shape index (κ3) is 2.34. The first-order valence-electron chi connectivity index (χ1n) is 6.77. The largest absolute Gasteiger partial charge is 0.362 e. The highest BCUT2D eigenvalue weighted by Crippen LogP contribution is 2.42. The fourth-order valence-corrected chi connectivity index (χ4v) is 3.03. The third-order valence-electron chi connectivity index (χ3n) is 3.75. The van der Waals surface area contributed by atoms with Gasteiger partial charge in [-0.1, -0.05) is 6.08 Å². The number of hydrogen-bond donors (Lipinski definition) is 0. The van der Waals surface area contributed by atoms with E-state index in [0.29, 0.717) is 6.61 Å². The fraction of sp³-hybridized carbons (Fsp3) is 0.857. The number of ether oxygens (including phenoxy) is 5. The highest BCUT2D eigenvalue weighted by atomic mass is 16.8. The van der Waals surface area contributed by atoms with Crippen molar-refractivity contribution in [3.8, 4) is 0 Å². The summed E-state index contributed by atoms with van der Waals surface area (Å²) in [6, 6.07) is 0. The van der Waals surface area contributed by atoms with Crippen LogP contribution >= 0.6 is 0 Å². The Balaban J connectivity index is 1.78. The zero-order chi connectivity index (χ0) is 13.8. The van der Waals surface area contributed by atoms with Crippen LogP contribution in [0, 0.1) is 0 Å². The van der Waals surface area contributed by atoms with Gasteiger partial charge in [-0.2, -0.15) is 0 Å². The summed E-state index contributed by atoms with van der Waals surface area (Å²) < 4.78 is 29.3. The smallest absolute Gasteiger partial charge is 0.164 e. The second-order valence-corrected chi connectivity index (χ2v) is 6.23. The van der Waals surface area contributed by atoms with Crippen molar-refractivity contribution < 1.29 is 23.7 Å². The molecular weight excluding hydrogens is 248 g/mol. The lowest BCUT2D eigenvalue weighted by molar-refractivity contribution is -0.201. The molecule has 0 amide bonds. The summed E-state index contributed by atoms with van der Waals surface area (Å²) >= 11 is 0. The molecule has 0 aromatic rings. The van der Waals surface area contributed by atoms with Gasteiger partial charge in [0.25, 0.3) is 0 Å². The van der Waals surface area contributed by atoms with Gasteiger partial charge in [-0.25, -0.2) is 0 Å². The Morgan fingerprint density at radius 2 is 1.63 bits per heavy atom. The van der Waals surface area contributed by atoms with Crippen LogP contribution in [0.5, 0.6) is 0 Å². The monoisotopic (exact) mass is 270 g/mol. The normalized spacial score (nSPS) is 47.3. The van der Waals surface area contributed by atoms with Gasteiger partial charge in [0.05, 0.1) is 6.61 Å². The van der Waals surface area contributed by atoms with E-state index in [9.17, 15) is 0 Å². The molecule has 3 rings (SSSR count). The Hall–Kier alpha value is -0.460. The van der Waals surface area contributed by atoms with Gasteiger partial charge in [-0.15, -0.1) is 6.58 Å². The van der Waals surface area contributed by atoms with Gasteiger partial charge in [0.15, 0.2) is 11.6 Å². The first-order chi connectivity index (χ1) is 8.81. The van der Waals surface area contributed by atoms with E-state index in [0.717, 1.165) is 0 Å². The van der Waals surface area contributed by atoms with Gasteiger partial charge in [0, 0.05) is 0 Å². The second-order valence-electron chi connectivity index (χ2n) is 6.23. The van der Waals surface area contributed by atoms with E-state index in [1.54, 1.807) is 6.08 Å². The van der Waals surface area contributed by atoms with Crippen LogP contribution < -0.4 is 0 Å². The summed E-state index contributed by atoms with van der Waals surface area (Å²) in [7, 11) is 0. The molecule has 0 N–H and O–H groups in total. The van der Waals surface area contributed by atoms with Crippen molar-refractivity contribution in [2.45, 2.75) is 69.8 Å². The molecule has 0 aromatic carbocycles. The molecule has 5 atom stereocenters. The van der Waals surface area contributed by atoms with E-state index in [1.807, 2.05) is 27.7 Å². The molecule has 0 aromatic heterocycles. The standard InChI is InChI=1S/C14H22O5/c1-6-8-11-12(19-14(4,5)18-11)10(16-8)9-7-15-13(2,3)17-9/h6,8-12H,1,7H2,2-5H3/t8-,9+,10-,11-,12+/m1/s1. The van der Waals surface area contributed by atoms with Crippen molar-refractivity contribution >= 4 is 0 Å². The van der Waals surface area contributed by atoms with Crippen LogP contribution in [0.3, 0.4) is 0 Å². The minimum absolute atomic E-state index is 0.121. The fourth-order valence-electron chi connectivity index (χ4n) is 3.03. The molecule has 108 valence electrons. The molecule has 0 saturated carbocycles. The summed E-state index contributed by atoms with van der Waals surface area (Å²) in [5.74, 6) is -1.15. The molecule has 0 bridgehead atoms. The zero-order valence-corrected chi connectivity index (χ0v) is 11.9. The molecule has 5 heteroatoms. The Labute approximate surface area is 113 Å². The molecule has 0 aliphatic carbocycles. The van der Waals surface area contributed by atoms with E-state index in [2.05, 4.69) is 6.58 Å². The van der Waals surface area contributed by atoms with E-state index in [-0.39, 0.29) is 30.5 Å². The topological polar surface area (TPSA) is 46.2 Å². The van der Waals surface area contributed by atoms with Gasteiger partial charge in [0.2, 0.25) is 0 Å². The van der Waals surface area contributed by atoms with Gasteiger partial charge >= 0.3 is 0 Å². The second kappa shape index (κ2) is 4.27. The molecule has 19 heavy (non-hydrogen) atoms. The minimum atomic E-state index is -0.590. The summed E-state index contributed by atoms with van der Waals surface area (Å²) in [6.45, 7) is 12.0. The van der Waals surface area contributed by atoms with Crippen molar-refractivity contribution in [2.24, 2.45) is 0 Å². The molecule has 3 fully saturated rings. The van der Waals surface area contributed by atoms with Crippen molar-refractivity contribution in [3.05, 3.63) is 12.7 Å². The third-order valence-corrected chi connectivity index (χ3v) is 3.75. The molecule has 0 radical (unpaired) electrons. The van der Waals surface area contributed by atoms with E-state index in [1.165, 1.54) is 0 Å². The average molecular weight is 270 g/mol. The van der Waals surface area contributed by atoms with Crippen LogP contribution in [0.1, 0.15) is 27.7 Å². The maximum atomic E-state index is 5.98. The zero-order valence-electron chi connectivity index (χ0n) is 11.9. The number of rotatable bonds is 2. The predicted molar refractivity (Wildman–Crippen MR) is 67.6 cm³/mol. The lowest BCUT2D eigenvalue weighted by Gasteiger charge is -2.26. The molecule has 3 aliphatic heterocycles. The van der Waals surface area contributed by atoms with E-state index < -0.39 is 11.6 Å². The van der Waals surface area contributed by atoms with Crippen molar-refractivity contribution in [1.82, 2.24) is 0 Å². The Bertz CT molecular complexity index is 378. The van der Waals surface area contributed by atoms with E-state index in [4.69, 9.17) is 23.7 Å². The average Bonchev–Trinajstić information content (AvgIpc) is 2.89. The molecule has 3 saturated heterocycles. The Kier molecular flexibility index (Phi) is 3.04. The van der Waals surface area contributed by atoms with Crippen LogP contribution in [0.4, 0.5) is 0 Å². The highest BCUT2D eigenvalue weighted by Gasteiger charge is 2.58. The molecule has 0 spiro atoms. The number of fused-ring (bicyclic) bond motifs is 1. The van der Waals surface area contributed by atoms with Crippen LogP contribution in [-0.4, -0.2) is 48.7 Å².